The highest BCUT2D eigenvalue weighted by Gasteiger charge is 2.21. The molecule has 1 fully saturated rings. The Morgan fingerprint density at radius 1 is 1.24 bits per heavy atom. The van der Waals surface area contributed by atoms with E-state index in [1.807, 2.05) is 6.07 Å². The van der Waals surface area contributed by atoms with E-state index in [-0.39, 0.29) is 0 Å². The lowest BCUT2D eigenvalue weighted by Gasteiger charge is -2.28. The molecule has 0 aliphatic heterocycles. The standard InChI is InChI=1S/C15H21BrO/c1-11-14(16)9-6-10-15(11)17-12(2)13-7-4-3-5-8-13/h6,9-10,12-13H,3-5,7-8H2,1-2H3. The van der Waals surface area contributed by atoms with Gasteiger partial charge in [-0.15, -0.1) is 0 Å². The van der Waals surface area contributed by atoms with Crippen molar-refractivity contribution in [3.05, 3.63) is 28.2 Å². The number of hydrogen-bond donors (Lipinski definition) is 0. The van der Waals surface area contributed by atoms with Gasteiger partial charge in [0.05, 0.1) is 6.10 Å². The van der Waals surface area contributed by atoms with Gasteiger partial charge in [-0.25, -0.2) is 0 Å². The Balaban J connectivity index is 2.01. The molecule has 0 aromatic heterocycles. The van der Waals surface area contributed by atoms with Crippen LogP contribution in [0.2, 0.25) is 0 Å². The lowest BCUT2D eigenvalue weighted by atomic mass is 9.86. The second-order valence-electron chi connectivity index (χ2n) is 5.08. The third-order valence-corrected chi connectivity index (χ3v) is 4.70. The highest BCUT2D eigenvalue weighted by Crippen LogP contribution is 2.31. The number of hydrogen-bond acceptors (Lipinski definition) is 1. The summed E-state index contributed by atoms with van der Waals surface area (Å²) in [6, 6.07) is 6.17. The molecule has 0 N–H and O–H groups in total. The smallest absolute Gasteiger partial charge is 0.123 e. The van der Waals surface area contributed by atoms with Crippen molar-refractivity contribution in [2.75, 3.05) is 0 Å². The van der Waals surface area contributed by atoms with Crippen LogP contribution in [-0.4, -0.2) is 6.10 Å². The van der Waals surface area contributed by atoms with Crippen LogP contribution in [0.5, 0.6) is 5.75 Å². The van der Waals surface area contributed by atoms with E-state index in [4.69, 9.17) is 4.74 Å². The first-order chi connectivity index (χ1) is 8.18. The zero-order valence-corrected chi connectivity index (χ0v) is 12.3. The minimum atomic E-state index is 0.336. The minimum Gasteiger partial charge on any atom is -0.490 e. The minimum absolute atomic E-state index is 0.336. The fraction of sp³-hybridized carbons (Fsp3) is 0.600. The Morgan fingerprint density at radius 3 is 2.65 bits per heavy atom. The normalized spacial score (nSPS) is 19.0. The first-order valence-corrected chi connectivity index (χ1v) is 7.39. The van der Waals surface area contributed by atoms with Crippen molar-refractivity contribution in [2.45, 2.75) is 52.1 Å². The van der Waals surface area contributed by atoms with Gasteiger partial charge in [0.15, 0.2) is 0 Å². The molecule has 0 amide bonds. The fourth-order valence-electron chi connectivity index (χ4n) is 2.62. The quantitative estimate of drug-likeness (QED) is 0.753. The number of halogens is 1. The van der Waals surface area contributed by atoms with Gasteiger partial charge in [-0.2, -0.15) is 0 Å². The van der Waals surface area contributed by atoms with E-state index in [0.717, 1.165) is 16.1 Å². The van der Waals surface area contributed by atoms with Crippen molar-refractivity contribution >= 4 is 15.9 Å². The molecule has 94 valence electrons. The average molecular weight is 297 g/mol. The molecule has 0 heterocycles. The van der Waals surface area contributed by atoms with Gasteiger partial charge >= 0.3 is 0 Å². The Bertz CT molecular complexity index is 369. The summed E-state index contributed by atoms with van der Waals surface area (Å²) in [5, 5.41) is 0. The summed E-state index contributed by atoms with van der Waals surface area (Å²) in [6.45, 7) is 4.32. The molecule has 1 aliphatic carbocycles. The summed E-state index contributed by atoms with van der Waals surface area (Å²) in [5.41, 5.74) is 1.20. The van der Waals surface area contributed by atoms with Crippen LogP contribution < -0.4 is 4.74 Å². The molecule has 1 aliphatic rings. The zero-order valence-electron chi connectivity index (χ0n) is 10.7. The molecule has 2 rings (SSSR count). The summed E-state index contributed by atoms with van der Waals surface area (Å²) in [7, 11) is 0. The van der Waals surface area contributed by atoms with Gasteiger partial charge in [0.1, 0.15) is 5.75 Å². The van der Waals surface area contributed by atoms with E-state index < -0.39 is 0 Å². The van der Waals surface area contributed by atoms with E-state index in [2.05, 4.69) is 41.9 Å². The van der Waals surface area contributed by atoms with Crippen molar-refractivity contribution in [1.29, 1.82) is 0 Å². The van der Waals surface area contributed by atoms with Crippen molar-refractivity contribution in [3.8, 4) is 5.75 Å². The summed E-state index contributed by atoms with van der Waals surface area (Å²) in [6.07, 6.45) is 7.14. The SMILES string of the molecule is Cc1c(Br)cccc1OC(C)C1CCCCC1. The first kappa shape index (κ1) is 12.9. The van der Waals surface area contributed by atoms with Crippen LogP contribution in [0, 0.1) is 12.8 Å². The lowest BCUT2D eigenvalue weighted by molar-refractivity contribution is 0.122. The largest absolute Gasteiger partial charge is 0.490 e. The highest BCUT2D eigenvalue weighted by atomic mass is 79.9. The van der Waals surface area contributed by atoms with Crippen LogP contribution in [-0.2, 0) is 0 Å². The molecule has 2 heteroatoms. The Labute approximate surface area is 113 Å². The predicted octanol–water partition coefficient (Wildman–Crippen LogP) is 5.11. The molecule has 1 nitrogen and oxygen atoms in total. The van der Waals surface area contributed by atoms with Crippen molar-refractivity contribution in [3.63, 3.8) is 0 Å². The zero-order chi connectivity index (χ0) is 12.3. The van der Waals surface area contributed by atoms with Crippen LogP contribution in [0.4, 0.5) is 0 Å². The topological polar surface area (TPSA) is 9.23 Å². The Kier molecular flexibility index (Phi) is 4.49. The van der Waals surface area contributed by atoms with Crippen LogP contribution in [0.1, 0.15) is 44.6 Å². The van der Waals surface area contributed by atoms with Gasteiger partial charge in [0, 0.05) is 10.0 Å². The van der Waals surface area contributed by atoms with Gasteiger partial charge in [0.2, 0.25) is 0 Å². The summed E-state index contributed by atoms with van der Waals surface area (Å²) >= 11 is 3.55. The van der Waals surface area contributed by atoms with E-state index in [1.165, 1.54) is 37.7 Å². The van der Waals surface area contributed by atoms with Crippen LogP contribution >= 0.6 is 15.9 Å². The van der Waals surface area contributed by atoms with Crippen molar-refractivity contribution in [1.82, 2.24) is 0 Å². The maximum Gasteiger partial charge on any atom is 0.123 e. The first-order valence-electron chi connectivity index (χ1n) is 6.60. The maximum atomic E-state index is 6.14. The molecule has 17 heavy (non-hydrogen) atoms. The lowest BCUT2D eigenvalue weighted by Crippen LogP contribution is -2.25. The molecule has 0 radical (unpaired) electrons. The molecule has 0 spiro atoms. The monoisotopic (exact) mass is 296 g/mol. The van der Waals surface area contributed by atoms with Gasteiger partial charge in [-0.3, -0.25) is 0 Å². The average Bonchev–Trinajstić information content (AvgIpc) is 2.36. The molecular formula is C15H21BrO. The summed E-state index contributed by atoms with van der Waals surface area (Å²) in [4.78, 5) is 0. The Hall–Kier alpha value is -0.500. The van der Waals surface area contributed by atoms with Crippen molar-refractivity contribution in [2.24, 2.45) is 5.92 Å². The third-order valence-electron chi connectivity index (χ3n) is 3.84. The predicted molar refractivity (Wildman–Crippen MR) is 75.5 cm³/mol. The van der Waals surface area contributed by atoms with Gasteiger partial charge in [0.25, 0.3) is 0 Å². The van der Waals surface area contributed by atoms with E-state index >= 15 is 0 Å². The maximum absolute atomic E-state index is 6.14. The number of benzene rings is 1. The summed E-state index contributed by atoms with van der Waals surface area (Å²) in [5.74, 6) is 1.76. The third kappa shape index (κ3) is 3.25. The van der Waals surface area contributed by atoms with Gasteiger partial charge in [-0.05, 0) is 44.7 Å². The molecular weight excluding hydrogens is 276 g/mol. The highest BCUT2D eigenvalue weighted by molar-refractivity contribution is 9.10. The number of ether oxygens (including phenoxy) is 1. The van der Waals surface area contributed by atoms with Crippen LogP contribution in [0.3, 0.4) is 0 Å². The molecule has 1 aromatic carbocycles. The molecule has 0 saturated heterocycles. The second kappa shape index (κ2) is 5.90. The van der Waals surface area contributed by atoms with Crippen molar-refractivity contribution < 1.29 is 4.74 Å². The van der Waals surface area contributed by atoms with Crippen LogP contribution in [0.25, 0.3) is 0 Å². The van der Waals surface area contributed by atoms with E-state index in [9.17, 15) is 0 Å². The molecule has 1 aromatic rings. The van der Waals surface area contributed by atoms with E-state index in [1.54, 1.807) is 0 Å². The van der Waals surface area contributed by atoms with E-state index in [0.29, 0.717) is 6.10 Å². The molecule has 1 saturated carbocycles. The molecule has 1 unspecified atom stereocenters. The summed E-state index contributed by atoms with van der Waals surface area (Å²) < 4.78 is 7.27. The van der Waals surface area contributed by atoms with Crippen LogP contribution in [0.15, 0.2) is 22.7 Å². The fourth-order valence-corrected chi connectivity index (χ4v) is 2.96. The van der Waals surface area contributed by atoms with Gasteiger partial charge < -0.3 is 4.74 Å². The molecule has 1 atom stereocenters. The van der Waals surface area contributed by atoms with Gasteiger partial charge in [-0.1, -0.05) is 41.3 Å². The Morgan fingerprint density at radius 2 is 1.94 bits per heavy atom. The molecule has 0 bridgehead atoms. The number of rotatable bonds is 3. The second-order valence-corrected chi connectivity index (χ2v) is 5.94.